The summed E-state index contributed by atoms with van der Waals surface area (Å²) in [6.45, 7) is 2.00. The van der Waals surface area contributed by atoms with Crippen molar-refractivity contribution in [3.05, 3.63) is 63.7 Å². The number of amides is 1. The number of nitro groups is 1. The van der Waals surface area contributed by atoms with Crippen molar-refractivity contribution in [3.63, 3.8) is 0 Å². The Morgan fingerprint density at radius 2 is 2.08 bits per heavy atom. The molecule has 26 heavy (non-hydrogen) atoms. The van der Waals surface area contributed by atoms with Crippen LogP contribution in [0.25, 0.3) is 0 Å². The molecule has 0 saturated heterocycles. The summed E-state index contributed by atoms with van der Waals surface area (Å²) in [7, 11) is 0. The number of nitrogens with one attached hydrogen (secondary N) is 2. The number of hydrogen-bond donors (Lipinski definition) is 2. The van der Waals surface area contributed by atoms with Crippen LogP contribution < -0.4 is 5.32 Å². The van der Waals surface area contributed by atoms with Gasteiger partial charge >= 0.3 is 5.88 Å². The van der Waals surface area contributed by atoms with Gasteiger partial charge in [0.1, 0.15) is 10.7 Å². The van der Waals surface area contributed by atoms with Gasteiger partial charge in [-0.25, -0.2) is 4.98 Å². The van der Waals surface area contributed by atoms with Gasteiger partial charge in [0.25, 0.3) is 5.91 Å². The third-order valence-corrected chi connectivity index (χ3v) is 4.34. The second-order valence-corrected chi connectivity index (χ2v) is 6.20. The standard InChI is InChI=1S/C16H15N5O4S/c1-2-13-18-16(20-19-13)26-9-10-3-5-11(6-4-10)17-15(22)12-7-8-14(25-12)21(23)24/h3-8H,2,9H2,1H3,(H,17,22)(H,18,19,20). The molecule has 0 radical (unpaired) electrons. The van der Waals surface area contributed by atoms with E-state index in [1.807, 2.05) is 19.1 Å². The number of aromatic amines is 1. The minimum atomic E-state index is -0.694. The highest BCUT2D eigenvalue weighted by molar-refractivity contribution is 7.98. The molecular weight excluding hydrogens is 358 g/mol. The van der Waals surface area contributed by atoms with Crippen LogP contribution in [0.3, 0.4) is 0 Å². The number of hydrogen-bond acceptors (Lipinski definition) is 7. The summed E-state index contributed by atoms with van der Waals surface area (Å²) in [4.78, 5) is 26.2. The number of aryl methyl sites for hydroxylation is 1. The molecule has 134 valence electrons. The summed E-state index contributed by atoms with van der Waals surface area (Å²) in [5.41, 5.74) is 1.61. The van der Waals surface area contributed by atoms with Crippen molar-refractivity contribution in [1.29, 1.82) is 0 Å². The van der Waals surface area contributed by atoms with Crippen molar-refractivity contribution >= 4 is 29.2 Å². The molecule has 0 aliphatic heterocycles. The average Bonchev–Trinajstić information content (AvgIpc) is 3.30. The van der Waals surface area contributed by atoms with Gasteiger partial charge < -0.3 is 9.73 Å². The van der Waals surface area contributed by atoms with Gasteiger partial charge in [0.05, 0.1) is 6.07 Å². The predicted octanol–water partition coefficient (Wildman–Crippen LogP) is 3.41. The number of carbonyl (C=O) groups is 1. The summed E-state index contributed by atoms with van der Waals surface area (Å²) in [5, 5.41) is 20.9. The first-order valence-corrected chi connectivity index (χ1v) is 8.72. The van der Waals surface area contributed by atoms with Gasteiger partial charge in [0.2, 0.25) is 5.16 Å². The number of thioether (sulfide) groups is 1. The lowest BCUT2D eigenvalue weighted by Crippen LogP contribution is -2.10. The van der Waals surface area contributed by atoms with E-state index in [4.69, 9.17) is 4.42 Å². The van der Waals surface area contributed by atoms with E-state index in [2.05, 4.69) is 20.5 Å². The lowest BCUT2D eigenvalue weighted by molar-refractivity contribution is -0.402. The number of aromatic nitrogens is 3. The van der Waals surface area contributed by atoms with Gasteiger partial charge in [-0.05, 0) is 23.8 Å². The Hall–Kier alpha value is -3.14. The normalized spacial score (nSPS) is 10.7. The van der Waals surface area contributed by atoms with Crippen LogP contribution in [-0.4, -0.2) is 26.0 Å². The monoisotopic (exact) mass is 373 g/mol. The van der Waals surface area contributed by atoms with Gasteiger partial charge in [-0.2, -0.15) is 0 Å². The summed E-state index contributed by atoms with van der Waals surface area (Å²) < 4.78 is 4.87. The summed E-state index contributed by atoms with van der Waals surface area (Å²) in [6, 6.07) is 9.66. The zero-order valence-electron chi connectivity index (χ0n) is 13.8. The number of rotatable bonds is 7. The summed E-state index contributed by atoms with van der Waals surface area (Å²) >= 11 is 1.51. The zero-order chi connectivity index (χ0) is 18.5. The Morgan fingerprint density at radius 1 is 1.31 bits per heavy atom. The van der Waals surface area contributed by atoms with Crippen LogP contribution in [-0.2, 0) is 12.2 Å². The largest absolute Gasteiger partial charge is 0.433 e. The number of benzene rings is 1. The van der Waals surface area contributed by atoms with Crippen LogP contribution in [0.15, 0.2) is 46.0 Å². The van der Waals surface area contributed by atoms with Crippen LogP contribution in [0.4, 0.5) is 11.6 Å². The molecule has 9 nitrogen and oxygen atoms in total. The molecule has 1 amide bonds. The number of nitrogens with zero attached hydrogens (tertiary/aromatic N) is 3. The second-order valence-electron chi connectivity index (χ2n) is 5.25. The maximum absolute atomic E-state index is 12.0. The predicted molar refractivity (Wildman–Crippen MR) is 95.1 cm³/mol. The molecule has 3 aromatic rings. The first-order valence-electron chi connectivity index (χ1n) is 7.73. The van der Waals surface area contributed by atoms with Gasteiger partial charge in [-0.3, -0.25) is 20.0 Å². The number of anilines is 1. The second kappa shape index (κ2) is 7.83. The molecular formula is C16H15N5O4S. The van der Waals surface area contributed by atoms with Gasteiger partial charge in [0, 0.05) is 17.9 Å². The lowest BCUT2D eigenvalue weighted by Gasteiger charge is -2.04. The van der Waals surface area contributed by atoms with Crippen molar-refractivity contribution in [1.82, 2.24) is 15.2 Å². The molecule has 0 atom stereocenters. The third-order valence-electron chi connectivity index (χ3n) is 3.42. The van der Waals surface area contributed by atoms with E-state index in [1.165, 1.54) is 17.8 Å². The number of furan rings is 1. The minimum Gasteiger partial charge on any atom is -0.395 e. The molecule has 2 aromatic heterocycles. The first kappa shape index (κ1) is 17.7. The quantitative estimate of drug-likeness (QED) is 0.369. The fraction of sp³-hybridized carbons (Fsp3) is 0.188. The molecule has 0 aliphatic rings. The van der Waals surface area contributed by atoms with Gasteiger partial charge in [0.15, 0.2) is 5.76 Å². The van der Waals surface area contributed by atoms with Crippen molar-refractivity contribution in [3.8, 4) is 0 Å². The highest BCUT2D eigenvalue weighted by Crippen LogP contribution is 2.21. The van der Waals surface area contributed by atoms with Crippen LogP contribution >= 0.6 is 11.8 Å². The smallest absolute Gasteiger partial charge is 0.395 e. The minimum absolute atomic E-state index is 0.118. The summed E-state index contributed by atoms with van der Waals surface area (Å²) in [5.74, 6) is 0.407. The SMILES string of the molecule is CCc1nc(SCc2ccc(NC(=O)c3ccc([N+](=O)[O-])o3)cc2)n[nH]1. The molecule has 0 fully saturated rings. The summed E-state index contributed by atoms with van der Waals surface area (Å²) in [6.07, 6.45) is 0.806. The van der Waals surface area contributed by atoms with Crippen molar-refractivity contribution in [2.24, 2.45) is 0 Å². The molecule has 3 rings (SSSR count). The highest BCUT2D eigenvalue weighted by Gasteiger charge is 2.17. The topological polar surface area (TPSA) is 127 Å². The highest BCUT2D eigenvalue weighted by atomic mass is 32.2. The van der Waals surface area contributed by atoms with E-state index in [1.54, 1.807) is 12.1 Å². The Labute approximate surface area is 152 Å². The Morgan fingerprint density at radius 3 is 2.69 bits per heavy atom. The molecule has 0 saturated carbocycles. The van der Waals surface area contributed by atoms with E-state index in [0.29, 0.717) is 16.6 Å². The fourth-order valence-electron chi connectivity index (χ4n) is 2.07. The molecule has 10 heteroatoms. The molecule has 0 unspecified atom stereocenters. The van der Waals surface area contributed by atoms with E-state index < -0.39 is 16.7 Å². The van der Waals surface area contributed by atoms with Crippen molar-refractivity contribution in [2.45, 2.75) is 24.3 Å². The number of carbonyl (C=O) groups excluding carboxylic acids is 1. The van der Waals surface area contributed by atoms with Gasteiger partial charge in [-0.15, -0.1) is 5.10 Å². The van der Waals surface area contributed by atoms with Crippen LogP contribution in [0, 0.1) is 10.1 Å². The number of H-pyrrole nitrogens is 1. The van der Waals surface area contributed by atoms with E-state index >= 15 is 0 Å². The Balaban J connectivity index is 1.56. The molecule has 0 bridgehead atoms. The Kier molecular flexibility index (Phi) is 5.32. The maximum atomic E-state index is 12.0. The fourth-order valence-corrected chi connectivity index (χ4v) is 2.85. The molecule has 0 aliphatic carbocycles. The van der Waals surface area contributed by atoms with E-state index in [-0.39, 0.29) is 5.76 Å². The van der Waals surface area contributed by atoms with Crippen LogP contribution in [0.5, 0.6) is 0 Å². The third kappa shape index (κ3) is 4.28. The van der Waals surface area contributed by atoms with Crippen LogP contribution in [0.1, 0.15) is 28.9 Å². The lowest BCUT2D eigenvalue weighted by atomic mass is 10.2. The van der Waals surface area contributed by atoms with Crippen molar-refractivity contribution < 1.29 is 14.1 Å². The van der Waals surface area contributed by atoms with E-state index in [0.717, 1.165) is 23.9 Å². The molecule has 1 aromatic carbocycles. The first-order chi connectivity index (χ1) is 12.5. The molecule has 2 N–H and O–H groups in total. The zero-order valence-corrected chi connectivity index (χ0v) is 14.6. The van der Waals surface area contributed by atoms with Crippen LogP contribution in [0.2, 0.25) is 0 Å². The van der Waals surface area contributed by atoms with E-state index in [9.17, 15) is 14.9 Å². The molecule has 2 heterocycles. The average molecular weight is 373 g/mol. The maximum Gasteiger partial charge on any atom is 0.433 e. The van der Waals surface area contributed by atoms with Crippen molar-refractivity contribution in [2.75, 3.05) is 5.32 Å². The Bertz CT molecular complexity index is 919. The molecule has 0 spiro atoms. The van der Waals surface area contributed by atoms with Gasteiger partial charge in [-0.1, -0.05) is 30.8 Å².